The normalized spacial score (nSPS) is 11.1. The molecule has 0 atom stereocenters. The van der Waals surface area contributed by atoms with Crippen molar-refractivity contribution in [2.45, 2.75) is 24.3 Å². The Hall–Kier alpha value is -3.16. The monoisotopic (exact) mass is 410 g/mol. The number of anilines is 1. The molecule has 3 rings (SSSR count). The summed E-state index contributed by atoms with van der Waals surface area (Å²) >= 11 is 0. The van der Waals surface area contributed by atoms with Crippen LogP contribution in [0, 0.1) is 0 Å². The van der Waals surface area contributed by atoms with Crippen LogP contribution in [0.5, 0.6) is 0 Å². The second kappa shape index (κ2) is 9.36. The number of carbonyl (C=O) groups is 1. The SMILES string of the molecule is O=C(CCc1ccccc1CN(c1ccccc1)S(=O)(=O)c1ccccc1)NO. The summed E-state index contributed by atoms with van der Waals surface area (Å²) in [6.07, 6.45) is 0.487. The van der Waals surface area contributed by atoms with Crippen molar-refractivity contribution < 1.29 is 18.4 Å². The molecule has 2 N–H and O–H groups in total. The minimum absolute atomic E-state index is 0.101. The van der Waals surface area contributed by atoms with E-state index >= 15 is 0 Å². The van der Waals surface area contributed by atoms with Gasteiger partial charge in [0.15, 0.2) is 0 Å². The van der Waals surface area contributed by atoms with E-state index in [-0.39, 0.29) is 17.9 Å². The number of hydroxylamine groups is 1. The maximum absolute atomic E-state index is 13.4. The molecule has 0 aromatic heterocycles. The molecule has 0 bridgehead atoms. The quantitative estimate of drug-likeness (QED) is 0.439. The minimum Gasteiger partial charge on any atom is -0.289 e. The summed E-state index contributed by atoms with van der Waals surface area (Å²) in [7, 11) is -3.79. The van der Waals surface area contributed by atoms with Crippen molar-refractivity contribution in [3.05, 3.63) is 96.1 Å². The lowest BCUT2D eigenvalue weighted by molar-refractivity contribution is -0.129. The largest absolute Gasteiger partial charge is 0.289 e. The number of hydrogen-bond donors (Lipinski definition) is 2. The molecule has 7 heteroatoms. The number of nitrogens with zero attached hydrogens (tertiary/aromatic N) is 1. The van der Waals surface area contributed by atoms with Gasteiger partial charge in [-0.1, -0.05) is 60.7 Å². The van der Waals surface area contributed by atoms with Crippen LogP contribution in [0.15, 0.2) is 89.8 Å². The molecule has 0 aliphatic heterocycles. The third kappa shape index (κ3) is 5.01. The molecule has 0 aliphatic carbocycles. The van der Waals surface area contributed by atoms with Gasteiger partial charge in [-0.2, -0.15) is 0 Å². The molecule has 0 fully saturated rings. The minimum atomic E-state index is -3.79. The fourth-order valence-electron chi connectivity index (χ4n) is 3.04. The summed E-state index contributed by atoms with van der Waals surface area (Å²) in [5.41, 5.74) is 3.82. The lowest BCUT2D eigenvalue weighted by atomic mass is 10.0. The highest BCUT2D eigenvalue weighted by Crippen LogP contribution is 2.27. The number of rotatable bonds is 8. The summed E-state index contributed by atoms with van der Waals surface area (Å²) < 4.78 is 28.1. The molecule has 0 saturated heterocycles. The molecule has 0 spiro atoms. The molecule has 0 unspecified atom stereocenters. The second-order valence-corrected chi connectivity index (χ2v) is 8.33. The number of benzene rings is 3. The molecule has 150 valence electrons. The van der Waals surface area contributed by atoms with E-state index in [0.717, 1.165) is 11.1 Å². The van der Waals surface area contributed by atoms with Crippen LogP contribution in [0.2, 0.25) is 0 Å². The molecule has 0 aliphatic rings. The first-order chi connectivity index (χ1) is 14.0. The van der Waals surface area contributed by atoms with E-state index in [1.165, 1.54) is 4.31 Å². The topological polar surface area (TPSA) is 86.7 Å². The standard InChI is InChI=1S/C22H22N2O4S/c25-22(23-26)16-15-18-9-7-8-10-19(18)17-24(20-11-3-1-4-12-20)29(27,28)21-13-5-2-6-14-21/h1-14,26H,15-17H2,(H,23,25). The molecule has 3 aromatic rings. The molecular weight excluding hydrogens is 388 g/mol. The number of para-hydroxylation sites is 1. The summed E-state index contributed by atoms with van der Waals surface area (Å²) in [4.78, 5) is 11.6. The number of aryl methyl sites for hydroxylation is 1. The molecule has 0 heterocycles. The van der Waals surface area contributed by atoms with Gasteiger partial charge in [0.25, 0.3) is 10.0 Å². The predicted molar refractivity (Wildman–Crippen MR) is 111 cm³/mol. The highest BCUT2D eigenvalue weighted by Gasteiger charge is 2.25. The van der Waals surface area contributed by atoms with Crippen LogP contribution in [0.4, 0.5) is 5.69 Å². The van der Waals surface area contributed by atoms with Crippen LogP contribution in [0.3, 0.4) is 0 Å². The third-order valence-corrected chi connectivity index (χ3v) is 6.34. The number of sulfonamides is 1. The molecule has 0 radical (unpaired) electrons. The third-order valence-electron chi connectivity index (χ3n) is 4.55. The van der Waals surface area contributed by atoms with E-state index in [1.807, 2.05) is 30.3 Å². The van der Waals surface area contributed by atoms with Gasteiger partial charge < -0.3 is 0 Å². The highest BCUT2D eigenvalue weighted by atomic mass is 32.2. The van der Waals surface area contributed by atoms with E-state index in [0.29, 0.717) is 12.1 Å². The molecule has 29 heavy (non-hydrogen) atoms. The van der Waals surface area contributed by atoms with Gasteiger partial charge >= 0.3 is 0 Å². The number of amides is 1. The lowest BCUT2D eigenvalue weighted by Crippen LogP contribution is -2.31. The number of nitrogens with one attached hydrogen (secondary N) is 1. The van der Waals surface area contributed by atoms with Gasteiger partial charge in [-0.15, -0.1) is 0 Å². The van der Waals surface area contributed by atoms with E-state index in [2.05, 4.69) is 0 Å². The molecular formula is C22H22N2O4S. The number of hydrogen-bond acceptors (Lipinski definition) is 4. The maximum atomic E-state index is 13.4. The first-order valence-electron chi connectivity index (χ1n) is 9.15. The molecule has 0 saturated carbocycles. The van der Waals surface area contributed by atoms with Crippen molar-refractivity contribution in [3.8, 4) is 0 Å². The van der Waals surface area contributed by atoms with Gasteiger partial charge in [0.2, 0.25) is 5.91 Å². The zero-order chi connectivity index (χ0) is 20.7. The lowest BCUT2D eigenvalue weighted by Gasteiger charge is -2.26. The molecule has 1 amide bonds. The van der Waals surface area contributed by atoms with Gasteiger partial charge in [-0.3, -0.25) is 14.3 Å². The Balaban J connectivity index is 1.99. The Labute approximate surface area is 170 Å². The summed E-state index contributed by atoms with van der Waals surface area (Å²) in [6.45, 7) is 0.123. The van der Waals surface area contributed by atoms with Gasteiger partial charge in [0.05, 0.1) is 17.1 Å². The van der Waals surface area contributed by atoms with Crippen LogP contribution in [0.25, 0.3) is 0 Å². The highest BCUT2D eigenvalue weighted by molar-refractivity contribution is 7.92. The summed E-state index contributed by atoms with van der Waals surface area (Å²) in [6, 6.07) is 24.6. The van der Waals surface area contributed by atoms with Crippen LogP contribution >= 0.6 is 0 Å². The van der Waals surface area contributed by atoms with Crippen LogP contribution in [-0.2, 0) is 27.8 Å². The first kappa shape index (κ1) is 20.6. The van der Waals surface area contributed by atoms with Crippen LogP contribution < -0.4 is 9.79 Å². The molecule has 6 nitrogen and oxygen atoms in total. The van der Waals surface area contributed by atoms with Gasteiger partial charge in [-0.25, -0.2) is 13.9 Å². The zero-order valence-corrected chi connectivity index (χ0v) is 16.5. The van der Waals surface area contributed by atoms with Crippen molar-refractivity contribution in [1.82, 2.24) is 5.48 Å². The fourth-order valence-corrected chi connectivity index (χ4v) is 4.51. The van der Waals surface area contributed by atoms with E-state index in [1.54, 1.807) is 60.1 Å². The maximum Gasteiger partial charge on any atom is 0.264 e. The van der Waals surface area contributed by atoms with Gasteiger partial charge in [0.1, 0.15) is 0 Å². The van der Waals surface area contributed by atoms with E-state index in [9.17, 15) is 13.2 Å². The summed E-state index contributed by atoms with van der Waals surface area (Å²) in [5, 5.41) is 8.72. The Morgan fingerprint density at radius 3 is 2.00 bits per heavy atom. The van der Waals surface area contributed by atoms with Crippen molar-refractivity contribution in [1.29, 1.82) is 0 Å². The fraction of sp³-hybridized carbons (Fsp3) is 0.136. The first-order valence-corrected chi connectivity index (χ1v) is 10.6. The molecule has 3 aromatic carbocycles. The van der Waals surface area contributed by atoms with Gasteiger partial charge in [-0.05, 0) is 41.8 Å². The van der Waals surface area contributed by atoms with Crippen LogP contribution in [-0.4, -0.2) is 19.5 Å². The summed E-state index contributed by atoms with van der Waals surface area (Å²) in [5.74, 6) is -0.489. The Morgan fingerprint density at radius 1 is 0.828 bits per heavy atom. The average Bonchev–Trinajstić information content (AvgIpc) is 2.77. The van der Waals surface area contributed by atoms with Crippen molar-refractivity contribution in [2.75, 3.05) is 4.31 Å². The van der Waals surface area contributed by atoms with Crippen LogP contribution in [0.1, 0.15) is 17.5 Å². The van der Waals surface area contributed by atoms with Crippen molar-refractivity contribution >= 4 is 21.6 Å². The zero-order valence-electron chi connectivity index (χ0n) is 15.7. The van der Waals surface area contributed by atoms with Crippen molar-refractivity contribution in [3.63, 3.8) is 0 Å². The van der Waals surface area contributed by atoms with E-state index < -0.39 is 15.9 Å². The predicted octanol–water partition coefficient (Wildman–Crippen LogP) is 3.52. The Kier molecular flexibility index (Phi) is 6.64. The Bertz CT molecular complexity index is 1050. The van der Waals surface area contributed by atoms with Gasteiger partial charge in [0, 0.05) is 6.42 Å². The smallest absolute Gasteiger partial charge is 0.264 e. The number of carbonyl (C=O) groups excluding carboxylic acids is 1. The average molecular weight is 410 g/mol. The Morgan fingerprint density at radius 2 is 1.38 bits per heavy atom. The second-order valence-electron chi connectivity index (χ2n) is 6.46. The van der Waals surface area contributed by atoms with E-state index in [4.69, 9.17) is 5.21 Å². The van der Waals surface area contributed by atoms with Crippen molar-refractivity contribution in [2.24, 2.45) is 0 Å².